The Balaban J connectivity index is 2.23. The Morgan fingerprint density at radius 1 is 1.20 bits per heavy atom. The van der Waals surface area contributed by atoms with Crippen LogP contribution in [0, 0.1) is 3.57 Å². The van der Waals surface area contributed by atoms with Gasteiger partial charge in [-0.15, -0.1) is 0 Å². The fourth-order valence-corrected chi connectivity index (χ4v) is 3.28. The molecule has 2 aromatic carbocycles. The van der Waals surface area contributed by atoms with Crippen LogP contribution < -0.4 is 0 Å². The topological polar surface area (TPSA) is 37.3 Å². The molecule has 4 heteroatoms. The molecule has 0 aliphatic carbocycles. The number of carbonyl (C=O) groups is 1. The minimum Gasteiger partial charge on any atom is -0.481 e. The first-order valence-corrected chi connectivity index (χ1v) is 8.25. The molecular formula is C16H15IO2S. The zero-order valence-corrected chi connectivity index (χ0v) is 14.1. The zero-order valence-electron chi connectivity index (χ0n) is 11.1. The van der Waals surface area contributed by atoms with Crippen LogP contribution in [0.15, 0.2) is 52.3 Å². The van der Waals surface area contributed by atoms with Gasteiger partial charge in [-0.05, 0) is 70.5 Å². The van der Waals surface area contributed by atoms with E-state index in [1.807, 2.05) is 18.2 Å². The van der Waals surface area contributed by atoms with E-state index < -0.39 is 5.97 Å². The van der Waals surface area contributed by atoms with E-state index in [9.17, 15) is 4.79 Å². The molecule has 0 saturated heterocycles. The van der Waals surface area contributed by atoms with Gasteiger partial charge in [-0.2, -0.15) is 0 Å². The quantitative estimate of drug-likeness (QED) is 0.747. The summed E-state index contributed by atoms with van der Waals surface area (Å²) in [5.41, 5.74) is 2.06. The third-order valence-corrected chi connectivity index (χ3v) is 4.75. The third-order valence-electron chi connectivity index (χ3n) is 2.90. The normalized spacial score (nSPS) is 10.5. The second kappa shape index (κ2) is 7.13. The molecule has 0 amide bonds. The van der Waals surface area contributed by atoms with Gasteiger partial charge in [-0.25, -0.2) is 0 Å². The molecule has 2 aromatic rings. The molecule has 0 bridgehead atoms. The van der Waals surface area contributed by atoms with E-state index in [1.165, 1.54) is 18.9 Å². The van der Waals surface area contributed by atoms with Crippen LogP contribution in [-0.2, 0) is 17.6 Å². The number of benzene rings is 2. The van der Waals surface area contributed by atoms with E-state index >= 15 is 0 Å². The number of aliphatic carboxylic acids is 1. The van der Waals surface area contributed by atoms with Crippen molar-refractivity contribution in [2.45, 2.75) is 29.6 Å². The first-order chi connectivity index (χ1) is 9.58. The largest absolute Gasteiger partial charge is 0.481 e. The van der Waals surface area contributed by atoms with Gasteiger partial charge in [0.25, 0.3) is 0 Å². The summed E-state index contributed by atoms with van der Waals surface area (Å²) in [5, 5.41) is 8.86. The maximum atomic E-state index is 10.8. The van der Waals surface area contributed by atoms with Gasteiger partial charge >= 0.3 is 5.97 Å². The molecule has 0 atom stereocenters. The average molecular weight is 398 g/mol. The molecule has 0 spiro atoms. The molecule has 0 fully saturated rings. The van der Waals surface area contributed by atoms with Gasteiger partial charge in [0.1, 0.15) is 0 Å². The number of hydrogen-bond acceptors (Lipinski definition) is 2. The van der Waals surface area contributed by atoms with Crippen LogP contribution in [0.3, 0.4) is 0 Å². The molecule has 2 nitrogen and oxygen atoms in total. The SMILES string of the molecule is CCc1cc(CC(=O)O)ccc1Sc1ccc(I)cc1. The summed E-state index contributed by atoms with van der Waals surface area (Å²) in [6.07, 6.45) is 0.988. The summed E-state index contributed by atoms with van der Waals surface area (Å²) < 4.78 is 1.22. The molecule has 104 valence electrons. The molecule has 0 aromatic heterocycles. The molecule has 0 radical (unpaired) electrons. The Morgan fingerprint density at radius 2 is 1.90 bits per heavy atom. The number of carboxylic acids is 1. The summed E-state index contributed by atoms with van der Waals surface area (Å²) in [6, 6.07) is 14.3. The van der Waals surface area contributed by atoms with Crippen LogP contribution in [0.5, 0.6) is 0 Å². The Kier molecular flexibility index (Phi) is 5.48. The summed E-state index contributed by atoms with van der Waals surface area (Å²) in [7, 11) is 0. The highest BCUT2D eigenvalue weighted by molar-refractivity contribution is 14.1. The monoisotopic (exact) mass is 398 g/mol. The smallest absolute Gasteiger partial charge is 0.307 e. The van der Waals surface area contributed by atoms with Crippen molar-refractivity contribution in [2.75, 3.05) is 0 Å². The number of carboxylic acid groups (broad SMARTS) is 1. The molecule has 0 unspecified atom stereocenters. The van der Waals surface area contributed by atoms with Gasteiger partial charge in [-0.3, -0.25) is 4.79 Å². The van der Waals surface area contributed by atoms with Crippen LogP contribution in [0.2, 0.25) is 0 Å². The lowest BCUT2D eigenvalue weighted by atomic mass is 10.1. The summed E-state index contributed by atoms with van der Waals surface area (Å²) in [4.78, 5) is 13.2. The van der Waals surface area contributed by atoms with Crippen LogP contribution in [-0.4, -0.2) is 11.1 Å². The molecule has 0 saturated carbocycles. The van der Waals surface area contributed by atoms with Gasteiger partial charge in [-0.1, -0.05) is 30.8 Å². The van der Waals surface area contributed by atoms with Crippen molar-refractivity contribution in [3.05, 3.63) is 57.2 Å². The lowest BCUT2D eigenvalue weighted by molar-refractivity contribution is -0.136. The second-order valence-electron chi connectivity index (χ2n) is 4.42. The van der Waals surface area contributed by atoms with E-state index in [0.29, 0.717) is 0 Å². The van der Waals surface area contributed by atoms with Crippen molar-refractivity contribution in [1.82, 2.24) is 0 Å². The number of aryl methyl sites for hydroxylation is 1. The first kappa shape index (κ1) is 15.4. The maximum absolute atomic E-state index is 10.8. The molecule has 20 heavy (non-hydrogen) atoms. The predicted octanol–water partition coefficient (Wildman–Crippen LogP) is 4.63. The molecule has 0 aliphatic rings. The fourth-order valence-electron chi connectivity index (χ4n) is 1.92. The van der Waals surface area contributed by atoms with Crippen LogP contribution in [0.25, 0.3) is 0 Å². The van der Waals surface area contributed by atoms with Gasteiger partial charge in [0.05, 0.1) is 6.42 Å². The number of halogens is 1. The van der Waals surface area contributed by atoms with Crippen LogP contribution in [0.4, 0.5) is 0 Å². The molecular weight excluding hydrogens is 383 g/mol. The standard InChI is InChI=1S/C16H15IO2S/c1-2-12-9-11(10-16(18)19)3-8-15(12)20-14-6-4-13(17)5-7-14/h3-9H,2,10H2,1H3,(H,18,19). The van der Waals surface area contributed by atoms with Crippen LogP contribution in [0.1, 0.15) is 18.1 Å². The van der Waals surface area contributed by atoms with Crippen LogP contribution >= 0.6 is 34.4 Å². The highest BCUT2D eigenvalue weighted by atomic mass is 127. The molecule has 0 aliphatic heterocycles. The fraction of sp³-hybridized carbons (Fsp3) is 0.188. The van der Waals surface area contributed by atoms with Crippen molar-refractivity contribution in [1.29, 1.82) is 0 Å². The van der Waals surface area contributed by atoms with E-state index in [1.54, 1.807) is 11.8 Å². The van der Waals surface area contributed by atoms with Crippen molar-refractivity contribution in [2.24, 2.45) is 0 Å². The predicted molar refractivity (Wildman–Crippen MR) is 90.4 cm³/mol. The Labute approximate surface area is 136 Å². The Morgan fingerprint density at radius 3 is 2.50 bits per heavy atom. The zero-order chi connectivity index (χ0) is 14.5. The molecule has 1 N–H and O–H groups in total. The highest BCUT2D eigenvalue weighted by Crippen LogP contribution is 2.31. The molecule has 0 heterocycles. The number of rotatable bonds is 5. The van der Waals surface area contributed by atoms with Crippen molar-refractivity contribution < 1.29 is 9.90 Å². The van der Waals surface area contributed by atoms with E-state index in [0.717, 1.165) is 12.0 Å². The average Bonchev–Trinajstić information content (AvgIpc) is 2.42. The van der Waals surface area contributed by atoms with Gasteiger partial charge in [0.2, 0.25) is 0 Å². The van der Waals surface area contributed by atoms with E-state index in [-0.39, 0.29) is 6.42 Å². The second-order valence-corrected chi connectivity index (χ2v) is 6.78. The number of hydrogen-bond donors (Lipinski definition) is 1. The van der Waals surface area contributed by atoms with Crippen molar-refractivity contribution >= 4 is 40.3 Å². The third kappa shape index (κ3) is 4.24. The van der Waals surface area contributed by atoms with Crippen molar-refractivity contribution in [3.63, 3.8) is 0 Å². The Hall–Kier alpha value is -1.01. The Bertz CT molecular complexity index is 608. The minimum absolute atomic E-state index is 0.0848. The van der Waals surface area contributed by atoms with E-state index in [2.05, 4.69) is 53.8 Å². The summed E-state index contributed by atoms with van der Waals surface area (Å²) in [6.45, 7) is 2.10. The summed E-state index contributed by atoms with van der Waals surface area (Å²) >= 11 is 4.02. The minimum atomic E-state index is -0.787. The highest BCUT2D eigenvalue weighted by Gasteiger charge is 2.07. The molecule has 2 rings (SSSR count). The van der Waals surface area contributed by atoms with Gasteiger partial charge in [0.15, 0.2) is 0 Å². The summed E-state index contributed by atoms with van der Waals surface area (Å²) in [5.74, 6) is -0.787. The first-order valence-electron chi connectivity index (χ1n) is 6.35. The van der Waals surface area contributed by atoms with Crippen molar-refractivity contribution in [3.8, 4) is 0 Å². The maximum Gasteiger partial charge on any atom is 0.307 e. The lowest BCUT2D eigenvalue weighted by Gasteiger charge is -2.09. The van der Waals surface area contributed by atoms with Gasteiger partial charge < -0.3 is 5.11 Å². The lowest BCUT2D eigenvalue weighted by Crippen LogP contribution is -2.01. The van der Waals surface area contributed by atoms with E-state index in [4.69, 9.17) is 5.11 Å². The van der Waals surface area contributed by atoms with Gasteiger partial charge in [0, 0.05) is 13.4 Å².